The van der Waals surface area contributed by atoms with Crippen LogP contribution in [0.15, 0.2) is 61.1 Å². The molecular formula is C47H48Cl2FN7O7S. The van der Waals surface area contributed by atoms with Crippen molar-refractivity contribution in [2.75, 3.05) is 78.1 Å². The summed E-state index contributed by atoms with van der Waals surface area (Å²) in [5, 5.41) is 11.9. The molecule has 4 aliphatic heterocycles. The number of fused-ring (bicyclic) bond motifs is 7. The second-order valence-corrected chi connectivity index (χ2v) is 18.4. The minimum absolute atomic E-state index is 0.0343. The van der Waals surface area contributed by atoms with Crippen molar-refractivity contribution >= 4 is 56.7 Å². The maximum absolute atomic E-state index is 14.4. The molecule has 0 radical (unpaired) electrons. The van der Waals surface area contributed by atoms with Crippen LogP contribution in [0.1, 0.15) is 22.4 Å². The van der Waals surface area contributed by atoms with Gasteiger partial charge in [0.2, 0.25) is 17.9 Å². The zero-order chi connectivity index (χ0) is 45.4. The van der Waals surface area contributed by atoms with Crippen molar-refractivity contribution < 1.29 is 38.0 Å². The highest BCUT2D eigenvalue weighted by Gasteiger charge is 2.33. The molecule has 6 aromatic rings. The van der Waals surface area contributed by atoms with Gasteiger partial charge in [-0.3, -0.25) is 4.90 Å². The summed E-state index contributed by atoms with van der Waals surface area (Å²) in [5.74, 6) is 0.645. The molecule has 7 heterocycles. The third-order valence-electron chi connectivity index (χ3n) is 12.1. The highest BCUT2D eigenvalue weighted by molar-refractivity contribution is 7.22. The van der Waals surface area contributed by atoms with E-state index in [1.54, 1.807) is 49.7 Å². The number of aliphatic carboxylic acids is 1. The minimum atomic E-state index is -1.45. The summed E-state index contributed by atoms with van der Waals surface area (Å²) >= 11 is 16.0. The molecule has 4 bridgehead atoms. The van der Waals surface area contributed by atoms with Crippen LogP contribution < -0.4 is 23.8 Å². The molecule has 0 spiro atoms. The minimum Gasteiger partial charge on any atom is -0.490 e. The van der Waals surface area contributed by atoms with E-state index in [-0.39, 0.29) is 25.5 Å². The van der Waals surface area contributed by atoms with Crippen LogP contribution in [0.3, 0.4) is 0 Å². The van der Waals surface area contributed by atoms with Crippen LogP contribution in [0.4, 0.5) is 10.3 Å². The van der Waals surface area contributed by atoms with Gasteiger partial charge < -0.3 is 38.6 Å². The van der Waals surface area contributed by atoms with E-state index in [0.29, 0.717) is 106 Å². The molecule has 3 aromatic carbocycles. The van der Waals surface area contributed by atoms with Crippen molar-refractivity contribution in [3.05, 3.63) is 99.3 Å². The van der Waals surface area contributed by atoms with Crippen LogP contribution in [0.5, 0.6) is 23.1 Å². The first kappa shape index (κ1) is 44.8. The molecule has 1 N–H and O–H groups in total. The van der Waals surface area contributed by atoms with Gasteiger partial charge >= 0.3 is 5.97 Å². The van der Waals surface area contributed by atoms with Crippen LogP contribution in [0.25, 0.3) is 31.8 Å². The van der Waals surface area contributed by atoms with Gasteiger partial charge in [0.15, 0.2) is 5.75 Å². The average molecular weight is 945 g/mol. The fourth-order valence-electron chi connectivity index (χ4n) is 8.56. The zero-order valence-electron chi connectivity index (χ0n) is 36.4. The summed E-state index contributed by atoms with van der Waals surface area (Å²) in [5.41, 5.74) is 4.46. The molecule has 14 nitrogen and oxygen atoms in total. The first-order valence-corrected chi connectivity index (χ1v) is 22.9. The number of hydrogen-bond donors (Lipinski definition) is 1. The van der Waals surface area contributed by atoms with Gasteiger partial charge in [-0.05, 0) is 79.5 Å². The summed E-state index contributed by atoms with van der Waals surface area (Å²) < 4.78 is 45.9. The number of methoxy groups -OCH3 is 1. The lowest BCUT2D eigenvalue weighted by Crippen LogP contribution is -2.49. The second kappa shape index (κ2) is 19.2. The number of carboxylic acid groups (broad SMARTS) is 1. The SMILES string of the molecule is COCC1CN(c2nccc(COc3ccc4cc3C[C@H](C(=O)O)Oc3ncnc5sc(-c6ccc(F)cc6)c(c35)-c3c(C)c(Cl)c(c(Cl)c3C)O[C@H](CN3CCN(C)CC3)CO4)n2)C1. The number of piperazine rings is 1. The predicted octanol–water partition coefficient (Wildman–Crippen LogP) is 8.00. The summed E-state index contributed by atoms with van der Waals surface area (Å²) in [6.45, 7) is 10.2. The van der Waals surface area contributed by atoms with Crippen LogP contribution in [0, 0.1) is 25.6 Å². The van der Waals surface area contributed by atoms with Gasteiger partial charge in [-0.25, -0.2) is 29.1 Å². The summed E-state index contributed by atoms with van der Waals surface area (Å²) in [4.78, 5) is 39.6. The smallest absolute Gasteiger partial charge is 0.345 e. The normalized spacial score (nSPS) is 18.4. The van der Waals surface area contributed by atoms with Crippen molar-refractivity contribution in [3.8, 4) is 44.7 Å². The van der Waals surface area contributed by atoms with Crippen LogP contribution in [-0.2, 0) is 22.6 Å². The van der Waals surface area contributed by atoms with Gasteiger partial charge in [0.05, 0.1) is 27.7 Å². The Balaban J connectivity index is 1.14. The molecule has 0 saturated carbocycles. The molecule has 0 unspecified atom stereocenters. The second-order valence-electron chi connectivity index (χ2n) is 16.7. The number of aromatic nitrogens is 4. The van der Waals surface area contributed by atoms with Crippen molar-refractivity contribution in [2.24, 2.45) is 5.92 Å². The molecular weight excluding hydrogens is 897 g/mol. The van der Waals surface area contributed by atoms with E-state index < -0.39 is 24.0 Å². The number of halogens is 3. The number of thiophene rings is 1. The van der Waals surface area contributed by atoms with Gasteiger partial charge in [0.25, 0.3) is 0 Å². The van der Waals surface area contributed by atoms with Crippen molar-refractivity contribution in [1.82, 2.24) is 29.7 Å². The molecule has 10 rings (SSSR count). The fourth-order valence-corrected chi connectivity index (χ4v) is 10.2. The van der Waals surface area contributed by atoms with E-state index >= 15 is 0 Å². The monoisotopic (exact) mass is 943 g/mol. The Hall–Kier alpha value is -5.36. The lowest BCUT2D eigenvalue weighted by Gasteiger charge is -2.38. The fraction of sp³-hybridized carbons (Fsp3) is 0.383. The topological polar surface area (TPSA) is 145 Å². The molecule has 2 atom stereocenters. The molecule has 0 amide bonds. The molecule has 18 heteroatoms. The number of likely N-dealkylation sites (N-methyl/N-ethyl adjacent to an activating group) is 1. The van der Waals surface area contributed by atoms with E-state index in [9.17, 15) is 14.3 Å². The molecule has 0 aliphatic carbocycles. The number of benzene rings is 3. The molecule has 4 aliphatic rings. The zero-order valence-corrected chi connectivity index (χ0v) is 38.7. The van der Waals surface area contributed by atoms with E-state index in [2.05, 4.69) is 36.7 Å². The molecule has 2 saturated heterocycles. The van der Waals surface area contributed by atoms with E-state index in [4.69, 9.17) is 51.9 Å². The number of ether oxygens (including phenoxy) is 5. The predicted molar refractivity (Wildman–Crippen MR) is 248 cm³/mol. The van der Waals surface area contributed by atoms with Crippen LogP contribution >= 0.6 is 34.5 Å². The molecule has 2 fully saturated rings. The van der Waals surface area contributed by atoms with Crippen LogP contribution in [-0.4, -0.2) is 126 Å². The first-order chi connectivity index (χ1) is 31.4. The number of carboxylic acids is 1. The first-order valence-electron chi connectivity index (χ1n) is 21.4. The number of anilines is 1. The summed E-state index contributed by atoms with van der Waals surface area (Å²) in [7, 11) is 3.80. The number of rotatable bonds is 10. The lowest BCUT2D eigenvalue weighted by atomic mass is 9.92. The standard InChI is InChI=1S/C47H48Cl2FN7O7S/c1-26-37-27(2)41(49)42(40(26)48)63-34(21-56-15-13-55(3)14-16-56)24-61-33-9-10-35(62-23-32-11-12-51-47(54-32)57-19-28(20-57)22-60-4)30(17-33)18-36(46(58)59)64-44-39-38(37)43(65-45(39)53-25-52-44)29-5-7-31(50)8-6-29/h5-12,17,25,28,34,36H,13-16,18-24H2,1-4H3,(H,58,59)/t34-,36-/m1/s1. The van der Waals surface area contributed by atoms with Crippen molar-refractivity contribution in [1.29, 1.82) is 0 Å². The summed E-state index contributed by atoms with van der Waals surface area (Å²) in [6.07, 6.45) is 0.927. The van der Waals surface area contributed by atoms with E-state index in [1.165, 1.54) is 29.8 Å². The number of carbonyl (C=O) groups is 1. The van der Waals surface area contributed by atoms with E-state index in [0.717, 1.165) is 39.3 Å². The Morgan fingerprint density at radius 3 is 2.45 bits per heavy atom. The Labute approximate surface area is 389 Å². The van der Waals surface area contributed by atoms with Crippen molar-refractivity contribution in [2.45, 2.75) is 39.1 Å². The van der Waals surface area contributed by atoms with Gasteiger partial charge in [-0.15, -0.1) is 11.3 Å². The third-order valence-corrected chi connectivity index (χ3v) is 14.1. The van der Waals surface area contributed by atoms with Crippen molar-refractivity contribution in [3.63, 3.8) is 0 Å². The van der Waals surface area contributed by atoms with Crippen LogP contribution in [0.2, 0.25) is 10.0 Å². The number of hydrogen-bond acceptors (Lipinski definition) is 14. The average Bonchev–Trinajstić information content (AvgIpc) is 3.67. The Kier molecular flexibility index (Phi) is 13.3. The third kappa shape index (κ3) is 9.51. The largest absolute Gasteiger partial charge is 0.490 e. The van der Waals surface area contributed by atoms with Gasteiger partial charge in [-0.2, -0.15) is 0 Å². The van der Waals surface area contributed by atoms with E-state index in [1.807, 2.05) is 13.8 Å². The highest BCUT2D eigenvalue weighted by Crippen LogP contribution is 2.53. The Morgan fingerprint density at radius 1 is 0.969 bits per heavy atom. The Morgan fingerprint density at radius 2 is 1.72 bits per heavy atom. The Bertz CT molecular complexity index is 2690. The maximum atomic E-state index is 14.4. The lowest BCUT2D eigenvalue weighted by molar-refractivity contribution is -0.145. The molecule has 340 valence electrons. The van der Waals surface area contributed by atoms with Gasteiger partial charge in [-0.1, -0.05) is 35.3 Å². The molecule has 65 heavy (non-hydrogen) atoms. The van der Waals surface area contributed by atoms with Gasteiger partial charge in [0.1, 0.15) is 47.8 Å². The number of nitrogens with zero attached hydrogens (tertiary/aromatic N) is 7. The molecule has 3 aromatic heterocycles. The maximum Gasteiger partial charge on any atom is 0.345 e. The summed E-state index contributed by atoms with van der Waals surface area (Å²) in [6, 6.07) is 13.2. The highest BCUT2D eigenvalue weighted by atomic mass is 35.5. The quantitative estimate of drug-likeness (QED) is 0.142. The van der Waals surface area contributed by atoms with Gasteiger partial charge in [0, 0.05) is 87.5 Å².